The Morgan fingerprint density at radius 1 is 1.64 bits per heavy atom. The molecule has 2 atom stereocenters. The number of likely N-dealkylation sites (tertiary alicyclic amines) is 1. The molecule has 0 aromatic carbocycles. The second kappa shape index (κ2) is 3.59. The molecule has 0 radical (unpaired) electrons. The number of nitrogens with zero attached hydrogens (tertiary/aromatic N) is 2. The molecule has 0 saturated carbocycles. The monoisotopic (exact) mass is 154 g/mol. The van der Waals surface area contributed by atoms with Crippen LogP contribution in [0.3, 0.4) is 0 Å². The third kappa shape index (κ3) is 1.63. The molecule has 3 nitrogen and oxygen atoms in total. The van der Waals surface area contributed by atoms with E-state index in [1.165, 1.54) is 0 Å². The quantitative estimate of drug-likeness (QED) is 0.532. The second-order valence-corrected chi connectivity index (χ2v) is 3.04. The van der Waals surface area contributed by atoms with E-state index in [1.54, 1.807) is 12.0 Å². The zero-order chi connectivity index (χ0) is 8.27. The van der Waals surface area contributed by atoms with Crippen molar-refractivity contribution in [2.75, 3.05) is 13.7 Å². The normalized spacial score (nSPS) is 31.5. The Bertz CT molecular complexity index is 164. The van der Waals surface area contributed by atoms with Crippen molar-refractivity contribution in [2.24, 2.45) is 5.92 Å². The van der Waals surface area contributed by atoms with Gasteiger partial charge in [-0.3, -0.25) is 4.90 Å². The predicted octanol–water partition coefficient (Wildman–Crippen LogP) is 1.17. The van der Waals surface area contributed by atoms with Crippen LogP contribution in [0.4, 0.5) is 0 Å². The summed E-state index contributed by atoms with van der Waals surface area (Å²) in [5.74, 6) is 0.480. The van der Waals surface area contributed by atoms with Crippen molar-refractivity contribution in [1.82, 2.24) is 4.90 Å². The summed E-state index contributed by atoms with van der Waals surface area (Å²) in [4.78, 5) is 1.72. The molecule has 0 aromatic rings. The maximum absolute atomic E-state index is 8.71. The highest BCUT2D eigenvalue weighted by Crippen LogP contribution is 2.22. The Kier molecular flexibility index (Phi) is 2.72. The molecule has 0 amide bonds. The average Bonchev–Trinajstić information content (AvgIpc) is 2.04. The molecule has 0 bridgehead atoms. The summed E-state index contributed by atoms with van der Waals surface area (Å²) in [7, 11) is 1.66. The predicted molar refractivity (Wildman–Crippen MR) is 41.5 cm³/mol. The Labute approximate surface area is 67.6 Å². The molecule has 0 spiro atoms. The number of piperidine rings is 1. The highest BCUT2D eigenvalue weighted by molar-refractivity contribution is 4.83. The van der Waals surface area contributed by atoms with Crippen LogP contribution in [0.2, 0.25) is 0 Å². The van der Waals surface area contributed by atoms with Crippen molar-refractivity contribution >= 4 is 0 Å². The topological polar surface area (TPSA) is 36.3 Å². The molecule has 2 unspecified atom stereocenters. The van der Waals surface area contributed by atoms with Crippen LogP contribution in [0.15, 0.2) is 0 Å². The SMILES string of the molecule is COC1C(C)CCCN1C#N. The van der Waals surface area contributed by atoms with E-state index in [0.717, 1.165) is 19.4 Å². The van der Waals surface area contributed by atoms with Crippen LogP contribution in [0.25, 0.3) is 0 Å². The highest BCUT2D eigenvalue weighted by Gasteiger charge is 2.27. The molecule has 0 aromatic heterocycles. The van der Waals surface area contributed by atoms with Crippen molar-refractivity contribution in [3.05, 3.63) is 0 Å². The minimum Gasteiger partial charge on any atom is -0.361 e. The van der Waals surface area contributed by atoms with Crippen molar-refractivity contribution in [3.8, 4) is 6.19 Å². The first-order valence-electron chi connectivity index (χ1n) is 3.98. The van der Waals surface area contributed by atoms with E-state index in [9.17, 15) is 0 Å². The van der Waals surface area contributed by atoms with Crippen LogP contribution in [0, 0.1) is 17.4 Å². The molecule has 1 saturated heterocycles. The van der Waals surface area contributed by atoms with Crippen LogP contribution in [0.1, 0.15) is 19.8 Å². The molecular formula is C8H14N2O. The van der Waals surface area contributed by atoms with Gasteiger partial charge in [0.2, 0.25) is 0 Å². The Morgan fingerprint density at radius 3 is 2.82 bits per heavy atom. The van der Waals surface area contributed by atoms with Crippen LogP contribution < -0.4 is 0 Å². The van der Waals surface area contributed by atoms with E-state index >= 15 is 0 Å². The molecule has 0 aliphatic carbocycles. The summed E-state index contributed by atoms with van der Waals surface area (Å²) >= 11 is 0. The molecular weight excluding hydrogens is 140 g/mol. The fourth-order valence-corrected chi connectivity index (χ4v) is 1.63. The molecule has 1 heterocycles. The summed E-state index contributed by atoms with van der Waals surface area (Å²) in [6.45, 7) is 2.97. The number of ether oxygens (including phenoxy) is 1. The minimum atomic E-state index is 0.00810. The third-order valence-electron chi connectivity index (χ3n) is 2.22. The Morgan fingerprint density at radius 2 is 2.36 bits per heavy atom. The number of nitriles is 1. The van der Waals surface area contributed by atoms with Crippen LogP contribution in [-0.2, 0) is 4.74 Å². The van der Waals surface area contributed by atoms with Crippen molar-refractivity contribution in [2.45, 2.75) is 26.0 Å². The van der Waals surface area contributed by atoms with Gasteiger partial charge in [0.15, 0.2) is 6.19 Å². The molecule has 0 N–H and O–H groups in total. The molecule has 3 heteroatoms. The van der Waals surface area contributed by atoms with Gasteiger partial charge in [-0.2, -0.15) is 5.26 Å². The van der Waals surface area contributed by atoms with Gasteiger partial charge in [0.25, 0.3) is 0 Å². The Balaban J connectivity index is 2.57. The van der Waals surface area contributed by atoms with E-state index in [0.29, 0.717) is 5.92 Å². The van der Waals surface area contributed by atoms with Gasteiger partial charge in [-0.15, -0.1) is 0 Å². The standard InChI is InChI=1S/C8H14N2O/c1-7-4-3-5-10(6-9)8(7)11-2/h7-8H,3-5H2,1-2H3. The zero-order valence-corrected chi connectivity index (χ0v) is 7.08. The lowest BCUT2D eigenvalue weighted by Gasteiger charge is -2.34. The Hall–Kier alpha value is -0.750. The van der Waals surface area contributed by atoms with Crippen molar-refractivity contribution in [1.29, 1.82) is 5.26 Å². The van der Waals surface area contributed by atoms with E-state index in [4.69, 9.17) is 10.00 Å². The number of hydrogen-bond donors (Lipinski definition) is 0. The maximum atomic E-state index is 8.71. The lowest BCUT2D eigenvalue weighted by Crippen LogP contribution is -2.42. The van der Waals surface area contributed by atoms with Crippen molar-refractivity contribution in [3.63, 3.8) is 0 Å². The zero-order valence-electron chi connectivity index (χ0n) is 7.08. The third-order valence-corrected chi connectivity index (χ3v) is 2.22. The van der Waals surface area contributed by atoms with Crippen molar-refractivity contribution < 1.29 is 4.74 Å². The molecule has 11 heavy (non-hydrogen) atoms. The van der Waals surface area contributed by atoms with Gasteiger partial charge in [-0.05, 0) is 12.8 Å². The van der Waals surface area contributed by atoms with E-state index < -0.39 is 0 Å². The summed E-state index contributed by atoms with van der Waals surface area (Å²) in [6.07, 6.45) is 4.42. The smallest absolute Gasteiger partial charge is 0.181 e. The van der Waals surface area contributed by atoms with Crippen LogP contribution in [-0.4, -0.2) is 24.8 Å². The fraction of sp³-hybridized carbons (Fsp3) is 0.875. The van der Waals surface area contributed by atoms with Crippen LogP contribution >= 0.6 is 0 Å². The second-order valence-electron chi connectivity index (χ2n) is 3.04. The molecule has 62 valence electrons. The van der Waals surface area contributed by atoms with Gasteiger partial charge in [-0.1, -0.05) is 6.92 Å². The van der Waals surface area contributed by atoms with E-state index in [-0.39, 0.29) is 6.23 Å². The molecule has 1 rings (SSSR count). The average molecular weight is 154 g/mol. The van der Waals surface area contributed by atoms with Gasteiger partial charge in [0.05, 0.1) is 0 Å². The molecule has 1 fully saturated rings. The molecule has 1 aliphatic heterocycles. The van der Waals surface area contributed by atoms with Gasteiger partial charge in [-0.25, -0.2) is 0 Å². The fourth-order valence-electron chi connectivity index (χ4n) is 1.63. The first-order chi connectivity index (χ1) is 5.29. The summed E-state index contributed by atoms with van der Waals surface area (Å²) in [6, 6.07) is 0. The van der Waals surface area contributed by atoms with Gasteiger partial charge in [0.1, 0.15) is 6.23 Å². The van der Waals surface area contributed by atoms with Gasteiger partial charge < -0.3 is 4.74 Å². The summed E-state index contributed by atoms with van der Waals surface area (Å²) < 4.78 is 5.21. The first kappa shape index (κ1) is 8.35. The number of hydrogen-bond acceptors (Lipinski definition) is 3. The summed E-state index contributed by atoms with van der Waals surface area (Å²) in [5.41, 5.74) is 0. The number of rotatable bonds is 1. The van der Waals surface area contributed by atoms with Gasteiger partial charge in [0, 0.05) is 19.6 Å². The highest BCUT2D eigenvalue weighted by atomic mass is 16.5. The molecule has 1 aliphatic rings. The minimum absolute atomic E-state index is 0.00810. The van der Waals surface area contributed by atoms with E-state index in [1.807, 2.05) is 0 Å². The largest absolute Gasteiger partial charge is 0.361 e. The first-order valence-corrected chi connectivity index (χ1v) is 3.98. The number of methoxy groups -OCH3 is 1. The lowest BCUT2D eigenvalue weighted by molar-refractivity contribution is -0.0588. The summed E-state index contributed by atoms with van der Waals surface area (Å²) in [5, 5.41) is 8.71. The van der Waals surface area contributed by atoms with Crippen LogP contribution in [0.5, 0.6) is 0 Å². The van der Waals surface area contributed by atoms with Gasteiger partial charge >= 0.3 is 0 Å². The van der Waals surface area contributed by atoms with E-state index in [2.05, 4.69) is 13.1 Å². The lowest BCUT2D eigenvalue weighted by atomic mass is 9.98. The maximum Gasteiger partial charge on any atom is 0.181 e.